The highest BCUT2D eigenvalue weighted by Crippen LogP contribution is 2.32. The van der Waals surface area contributed by atoms with E-state index in [4.69, 9.17) is 0 Å². The number of aryl methyl sites for hydroxylation is 3. The summed E-state index contributed by atoms with van der Waals surface area (Å²) in [5.41, 5.74) is 6.59. The van der Waals surface area contributed by atoms with E-state index in [1.807, 2.05) is 17.9 Å². The monoisotopic (exact) mass is 255 g/mol. The van der Waals surface area contributed by atoms with Crippen LogP contribution in [0, 0.1) is 13.8 Å². The Morgan fingerprint density at radius 2 is 1.95 bits per heavy atom. The van der Waals surface area contributed by atoms with Crippen LogP contribution >= 0.6 is 0 Å². The molecule has 0 amide bonds. The molecule has 0 saturated heterocycles. The third-order valence-electron chi connectivity index (χ3n) is 3.94. The Bertz CT molecular complexity index is 578. The Hall–Kier alpha value is -1.77. The van der Waals surface area contributed by atoms with Gasteiger partial charge in [0, 0.05) is 24.0 Å². The van der Waals surface area contributed by atoms with Gasteiger partial charge in [-0.05, 0) is 56.4 Å². The van der Waals surface area contributed by atoms with Crippen molar-refractivity contribution < 1.29 is 0 Å². The van der Waals surface area contributed by atoms with Gasteiger partial charge in [0.15, 0.2) is 0 Å². The normalized spacial score (nSPS) is 18.2. The van der Waals surface area contributed by atoms with Gasteiger partial charge in [0.25, 0.3) is 0 Å². The first-order valence-corrected chi connectivity index (χ1v) is 6.99. The van der Waals surface area contributed by atoms with Gasteiger partial charge in [0.2, 0.25) is 0 Å². The molecule has 1 aromatic heterocycles. The van der Waals surface area contributed by atoms with Crippen molar-refractivity contribution in [2.45, 2.75) is 39.2 Å². The molecule has 3 rings (SSSR count). The highest BCUT2D eigenvalue weighted by atomic mass is 15.3. The van der Waals surface area contributed by atoms with E-state index in [1.165, 1.54) is 40.9 Å². The van der Waals surface area contributed by atoms with Crippen LogP contribution in [0.15, 0.2) is 24.4 Å². The van der Waals surface area contributed by atoms with E-state index in [0.717, 1.165) is 6.42 Å². The minimum absolute atomic E-state index is 0.402. The van der Waals surface area contributed by atoms with Gasteiger partial charge in [-0.1, -0.05) is 6.07 Å². The number of aromatic nitrogens is 2. The molecule has 1 heterocycles. The Balaban J connectivity index is 1.88. The zero-order chi connectivity index (χ0) is 13.4. The van der Waals surface area contributed by atoms with E-state index in [2.05, 4.69) is 42.5 Å². The van der Waals surface area contributed by atoms with E-state index < -0.39 is 0 Å². The number of benzene rings is 1. The summed E-state index contributed by atoms with van der Waals surface area (Å²) >= 11 is 0. The van der Waals surface area contributed by atoms with Gasteiger partial charge >= 0.3 is 0 Å². The molecule has 3 heteroatoms. The van der Waals surface area contributed by atoms with E-state index in [-0.39, 0.29) is 0 Å². The fourth-order valence-corrected chi connectivity index (χ4v) is 3.12. The standard InChI is InChI=1S/C16H21N3/c1-11-7-12(2)9-13(8-11)18-15-5-4-6-16-14(15)10-17-19(16)3/h7-10,15,18H,4-6H2,1-3H3. The molecular formula is C16H21N3. The molecule has 1 aliphatic carbocycles. The van der Waals surface area contributed by atoms with Gasteiger partial charge in [-0.15, -0.1) is 0 Å². The summed E-state index contributed by atoms with van der Waals surface area (Å²) in [5.74, 6) is 0. The lowest BCUT2D eigenvalue weighted by Crippen LogP contribution is -2.17. The molecule has 1 unspecified atom stereocenters. The Labute approximate surface area is 114 Å². The molecule has 0 aliphatic heterocycles. The van der Waals surface area contributed by atoms with Gasteiger partial charge in [0.05, 0.1) is 12.2 Å². The smallest absolute Gasteiger partial charge is 0.0547 e. The van der Waals surface area contributed by atoms with Crippen molar-refractivity contribution >= 4 is 5.69 Å². The lowest BCUT2D eigenvalue weighted by atomic mass is 9.92. The maximum absolute atomic E-state index is 4.40. The summed E-state index contributed by atoms with van der Waals surface area (Å²) in [5, 5.41) is 8.08. The van der Waals surface area contributed by atoms with Gasteiger partial charge < -0.3 is 5.32 Å². The van der Waals surface area contributed by atoms with Crippen molar-refractivity contribution in [1.29, 1.82) is 0 Å². The second-order valence-electron chi connectivity index (χ2n) is 5.64. The molecule has 0 radical (unpaired) electrons. The van der Waals surface area contributed by atoms with E-state index in [0.29, 0.717) is 6.04 Å². The maximum Gasteiger partial charge on any atom is 0.0547 e. The number of nitrogens with zero attached hydrogens (tertiary/aromatic N) is 2. The van der Waals surface area contributed by atoms with Crippen LogP contribution in [-0.4, -0.2) is 9.78 Å². The van der Waals surface area contributed by atoms with Crippen molar-refractivity contribution in [2.24, 2.45) is 7.05 Å². The summed E-state index contributed by atoms with van der Waals surface area (Å²) < 4.78 is 2.02. The van der Waals surface area contributed by atoms with E-state index in [1.54, 1.807) is 0 Å². The first kappa shape index (κ1) is 12.3. The van der Waals surface area contributed by atoms with Crippen molar-refractivity contribution in [1.82, 2.24) is 9.78 Å². The molecule has 1 aromatic carbocycles. The summed E-state index contributed by atoms with van der Waals surface area (Å²) in [4.78, 5) is 0. The number of hydrogen-bond donors (Lipinski definition) is 1. The average Bonchev–Trinajstić information content (AvgIpc) is 2.71. The van der Waals surface area contributed by atoms with Crippen LogP contribution in [-0.2, 0) is 13.5 Å². The number of anilines is 1. The molecule has 100 valence electrons. The van der Waals surface area contributed by atoms with Gasteiger partial charge in [0.1, 0.15) is 0 Å². The van der Waals surface area contributed by atoms with Crippen LogP contribution in [0.25, 0.3) is 0 Å². The fraction of sp³-hybridized carbons (Fsp3) is 0.438. The topological polar surface area (TPSA) is 29.9 Å². The van der Waals surface area contributed by atoms with Gasteiger partial charge in [-0.25, -0.2) is 0 Å². The second kappa shape index (κ2) is 4.72. The molecule has 19 heavy (non-hydrogen) atoms. The molecule has 2 aromatic rings. The molecule has 0 spiro atoms. The first-order valence-electron chi connectivity index (χ1n) is 6.99. The largest absolute Gasteiger partial charge is 0.378 e. The third-order valence-corrected chi connectivity index (χ3v) is 3.94. The molecular weight excluding hydrogens is 234 g/mol. The lowest BCUT2D eigenvalue weighted by Gasteiger charge is -2.25. The lowest BCUT2D eigenvalue weighted by molar-refractivity contribution is 0.571. The molecule has 0 bridgehead atoms. The fourth-order valence-electron chi connectivity index (χ4n) is 3.12. The number of nitrogens with one attached hydrogen (secondary N) is 1. The van der Waals surface area contributed by atoms with Crippen molar-refractivity contribution in [3.05, 3.63) is 46.8 Å². The van der Waals surface area contributed by atoms with Gasteiger partial charge in [-0.3, -0.25) is 4.68 Å². The minimum atomic E-state index is 0.402. The predicted octanol–water partition coefficient (Wildman–Crippen LogP) is 3.53. The molecule has 1 aliphatic rings. The van der Waals surface area contributed by atoms with E-state index >= 15 is 0 Å². The summed E-state index contributed by atoms with van der Waals surface area (Å²) in [6.07, 6.45) is 5.59. The molecule has 0 saturated carbocycles. The molecule has 0 fully saturated rings. The Morgan fingerprint density at radius 3 is 2.68 bits per heavy atom. The zero-order valence-corrected chi connectivity index (χ0v) is 11.9. The maximum atomic E-state index is 4.40. The molecule has 3 nitrogen and oxygen atoms in total. The van der Waals surface area contributed by atoms with E-state index in [9.17, 15) is 0 Å². The zero-order valence-electron chi connectivity index (χ0n) is 11.9. The summed E-state index contributed by atoms with van der Waals surface area (Å²) in [7, 11) is 2.04. The third kappa shape index (κ3) is 2.37. The van der Waals surface area contributed by atoms with Crippen molar-refractivity contribution in [2.75, 3.05) is 5.32 Å². The van der Waals surface area contributed by atoms with Gasteiger partial charge in [-0.2, -0.15) is 5.10 Å². The quantitative estimate of drug-likeness (QED) is 0.889. The number of rotatable bonds is 2. The minimum Gasteiger partial charge on any atom is -0.378 e. The Morgan fingerprint density at radius 1 is 1.21 bits per heavy atom. The van der Waals surface area contributed by atoms with Crippen LogP contribution < -0.4 is 5.32 Å². The molecule has 1 N–H and O–H groups in total. The predicted molar refractivity (Wildman–Crippen MR) is 78.4 cm³/mol. The van der Waals surface area contributed by atoms with Crippen molar-refractivity contribution in [3.8, 4) is 0 Å². The Kier molecular flexibility index (Phi) is 3.05. The van der Waals surface area contributed by atoms with Crippen LogP contribution in [0.2, 0.25) is 0 Å². The average molecular weight is 255 g/mol. The second-order valence-corrected chi connectivity index (χ2v) is 5.64. The van der Waals surface area contributed by atoms with Crippen LogP contribution in [0.1, 0.15) is 41.3 Å². The molecule has 1 atom stereocenters. The number of fused-ring (bicyclic) bond motifs is 1. The summed E-state index contributed by atoms with van der Waals surface area (Å²) in [6, 6.07) is 7.05. The first-order chi connectivity index (χ1) is 9.13. The van der Waals surface area contributed by atoms with Crippen molar-refractivity contribution in [3.63, 3.8) is 0 Å². The van der Waals surface area contributed by atoms with Crippen LogP contribution in [0.4, 0.5) is 5.69 Å². The van der Waals surface area contributed by atoms with Crippen LogP contribution in [0.3, 0.4) is 0 Å². The highest BCUT2D eigenvalue weighted by Gasteiger charge is 2.23. The number of hydrogen-bond acceptors (Lipinski definition) is 2. The van der Waals surface area contributed by atoms with Crippen LogP contribution in [0.5, 0.6) is 0 Å². The summed E-state index contributed by atoms with van der Waals surface area (Å²) in [6.45, 7) is 4.29. The SMILES string of the molecule is Cc1cc(C)cc(NC2CCCc3c2cnn3C)c1. The highest BCUT2D eigenvalue weighted by molar-refractivity contribution is 5.50.